The molecule has 0 aliphatic carbocycles. The summed E-state index contributed by atoms with van der Waals surface area (Å²) in [6.45, 7) is 1.61. The highest BCUT2D eigenvalue weighted by Crippen LogP contribution is 2.22. The van der Waals surface area contributed by atoms with Crippen molar-refractivity contribution >= 4 is 15.7 Å². The highest BCUT2D eigenvalue weighted by Gasteiger charge is 2.31. The van der Waals surface area contributed by atoms with Crippen molar-refractivity contribution in [3.63, 3.8) is 0 Å². The molecule has 2 aliphatic rings. The first-order valence-corrected chi connectivity index (χ1v) is 9.76. The van der Waals surface area contributed by atoms with Crippen LogP contribution in [0.1, 0.15) is 25.7 Å². The molecular formula is C16H23FN2O3S. The van der Waals surface area contributed by atoms with E-state index in [-0.39, 0.29) is 23.7 Å². The normalized spacial score (nSPS) is 24.0. The van der Waals surface area contributed by atoms with E-state index < -0.39 is 10.0 Å². The third-order valence-electron chi connectivity index (χ3n) is 4.50. The molecule has 2 aliphatic heterocycles. The summed E-state index contributed by atoms with van der Waals surface area (Å²) in [6, 6.07) is 6.66. The van der Waals surface area contributed by atoms with Crippen LogP contribution < -0.4 is 5.32 Å². The Balaban J connectivity index is 1.52. The molecule has 0 radical (unpaired) electrons. The van der Waals surface area contributed by atoms with Gasteiger partial charge in [0.15, 0.2) is 0 Å². The summed E-state index contributed by atoms with van der Waals surface area (Å²) in [5.41, 5.74) is 0.480. The number of anilines is 1. The Hall–Kier alpha value is -1.18. The predicted octanol–water partition coefficient (Wildman–Crippen LogP) is 2.21. The number of benzene rings is 1. The number of piperidine rings is 1. The molecule has 1 unspecified atom stereocenters. The van der Waals surface area contributed by atoms with Crippen LogP contribution in [0.2, 0.25) is 0 Å². The third-order valence-corrected chi connectivity index (χ3v) is 6.45. The zero-order valence-corrected chi connectivity index (χ0v) is 13.9. The summed E-state index contributed by atoms with van der Waals surface area (Å²) in [5.74, 6) is -0.195. The van der Waals surface area contributed by atoms with Crippen molar-refractivity contribution in [2.24, 2.45) is 0 Å². The topological polar surface area (TPSA) is 58.6 Å². The van der Waals surface area contributed by atoms with E-state index in [1.54, 1.807) is 22.5 Å². The molecule has 0 amide bonds. The van der Waals surface area contributed by atoms with Gasteiger partial charge in [0.25, 0.3) is 0 Å². The Kier molecular flexibility index (Phi) is 5.18. The number of sulfonamides is 1. The molecule has 2 fully saturated rings. The van der Waals surface area contributed by atoms with Gasteiger partial charge < -0.3 is 10.1 Å². The minimum absolute atomic E-state index is 0.0818. The van der Waals surface area contributed by atoms with Crippen LogP contribution in [0.5, 0.6) is 0 Å². The maximum absolute atomic E-state index is 13.7. The fraction of sp³-hybridized carbons (Fsp3) is 0.625. The standard InChI is InChI=1S/C16H23FN2O3S/c17-15-5-1-2-6-16(15)18-13-7-9-19(10-8-13)23(20,21)12-14-4-3-11-22-14/h1-2,5-6,13-14,18H,3-4,7-12H2. The van der Waals surface area contributed by atoms with E-state index in [1.165, 1.54) is 6.07 Å². The molecule has 7 heteroatoms. The Morgan fingerprint density at radius 3 is 2.61 bits per heavy atom. The van der Waals surface area contributed by atoms with Gasteiger partial charge in [-0.25, -0.2) is 17.1 Å². The average molecular weight is 342 g/mol. The van der Waals surface area contributed by atoms with E-state index in [9.17, 15) is 12.8 Å². The van der Waals surface area contributed by atoms with Gasteiger partial charge in [-0.3, -0.25) is 0 Å². The van der Waals surface area contributed by atoms with Crippen molar-refractivity contribution in [2.45, 2.75) is 37.8 Å². The molecule has 23 heavy (non-hydrogen) atoms. The summed E-state index contributed by atoms with van der Waals surface area (Å²) in [4.78, 5) is 0. The molecule has 0 spiro atoms. The first-order valence-electron chi connectivity index (χ1n) is 8.15. The van der Waals surface area contributed by atoms with Crippen LogP contribution >= 0.6 is 0 Å². The van der Waals surface area contributed by atoms with Crippen LogP contribution in [0.3, 0.4) is 0 Å². The van der Waals surface area contributed by atoms with Gasteiger partial charge in [-0.15, -0.1) is 0 Å². The summed E-state index contributed by atoms with van der Waals surface area (Å²) in [7, 11) is -3.26. The maximum Gasteiger partial charge on any atom is 0.216 e. The second-order valence-electron chi connectivity index (χ2n) is 6.21. The lowest BCUT2D eigenvalue weighted by molar-refractivity contribution is 0.126. The molecule has 1 N–H and O–H groups in total. The van der Waals surface area contributed by atoms with Crippen LogP contribution in [0.4, 0.5) is 10.1 Å². The summed E-state index contributed by atoms with van der Waals surface area (Å²) >= 11 is 0. The second kappa shape index (κ2) is 7.15. The van der Waals surface area contributed by atoms with Crippen LogP contribution in [-0.2, 0) is 14.8 Å². The average Bonchev–Trinajstić information content (AvgIpc) is 3.02. The molecule has 1 aromatic carbocycles. The van der Waals surface area contributed by atoms with E-state index in [2.05, 4.69) is 5.32 Å². The molecule has 0 bridgehead atoms. The predicted molar refractivity (Wildman–Crippen MR) is 87.4 cm³/mol. The van der Waals surface area contributed by atoms with E-state index in [4.69, 9.17) is 4.74 Å². The van der Waals surface area contributed by atoms with Gasteiger partial charge >= 0.3 is 0 Å². The lowest BCUT2D eigenvalue weighted by atomic mass is 10.1. The van der Waals surface area contributed by atoms with Crippen LogP contribution in [0.25, 0.3) is 0 Å². The number of ether oxygens (including phenoxy) is 1. The second-order valence-corrected chi connectivity index (χ2v) is 8.22. The molecule has 2 heterocycles. The molecule has 0 aromatic heterocycles. The van der Waals surface area contributed by atoms with E-state index in [0.29, 0.717) is 38.2 Å². The third kappa shape index (κ3) is 4.22. The largest absolute Gasteiger partial charge is 0.380 e. The number of nitrogens with one attached hydrogen (secondary N) is 1. The number of halogens is 1. The Labute approximate surface area is 136 Å². The van der Waals surface area contributed by atoms with Gasteiger partial charge in [0, 0.05) is 25.7 Å². The van der Waals surface area contributed by atoms with Crippen molar-refractivity contribution in [3.05, 3.63) is 30.1 Å². The number of rotatable bonds is 5. The van der Waals surface area contributed by atoms with Gasteiger partial charge in [0.1, 0.15) is 5.82 Å². The summed E-state index contributed by atoms with van der Waals surface area (Å²) in [6.07, 6.45) is 2.96. The highest BCUT2D eigenvalue weighted by molar-refractivity contribution is 7.89. The van der Waals surface area contributed by atoms with Crippen LogP contribution in [0.15, 0.2) is 24.3 Å². The van der Waals surface area contributed by atoms with Crippen molar-refractivity contribution in [1.29, 1.82) is 0 Å². The fourth-order valence-corrected chi connectivity index (χ4v) is 4.90. The SMILES string of the molecule is O=S(=O)(CC1CCCO1)N1CCC(Nc2ccccc2F)CC1. The molecule has 3 rings (SSSR count). The van der Waals surface area contributed by atoms with Gasteiger partial charge in [-0.2, -0.15) is 0 Å². The molecule has 0 saturated carbocycles. The number of hydrogen-bond donors (Lipinski definition) is 1. The lowest BCUT2D eigenvalue weighted by Gasteiger charge is -2.32. The number of nitrogens with zero attached hydrogens (tertiary/aromatic N) is 1. The van der Waals surface area contributed by atoms with E-state index >= 15 is 0 Å². The quantitative estimate of drug-likeness (QED) is 0.891. The molecule has 1 atom stereocenters. The van der Waals surface area contributed by atoms with E-state index in [0.717, 1.165) is 12.8 Å². The van der Waals surface area contributed by atoms with E-state index in [1.807, 2.05) is 0 Å². The highest BCUT2D eigenvalue weighted by atomic mass is 32.2. The first kappa shape index (κ1) is 16.7. The monoisotopic (exact) mass is 342 g/mol. The molecule has 1 aromatic rings. The molecule has 5 nitrogen and oxygen atoms in total. The number of para-hydroxylation sites is 1. The van der Waals surface area contributed by atoms with Crippen molar-refractivity contribution in [1.82, 2.24) is 4.31 Å². The van der Waals surface area contributed by atoms with Crippen molar-refractivity contribution in [3.8, 4) is 0 Å². The Morgan fingerprint density at radius 1 is 1.22 bits per heavy atom. The van der Waals surface area contributed by atoms with Crippen LogP contribution in [0, 0.1) is 5.82 Å². The zero-order chi connectivity index (χ0) is 16.3. The van der Waals surface area contributed by atoms with Gasteiger partial charge in [0.2, 0.25) is 10.0 Å². The number of hydrogen-bond acceptors (Lipinski definition) is 4. The Bertz CT molecular complexity index is 624. The van der Waals surface area contributed by atoms with Gasteiger partial charge in [-0.05, 0) is 37.8 Å². The lowest BCUT2D eigenvalue weighted by Crippen LogP contribution is -2.44. The van der Waals surface area contributed by atoms with Crippen molar-refractivity contribution in [2.75, 3.05) is 30.8 Å². The maximum atomic E-state index is 13.7. The Morgan fingerprint density at radius 2 is 1.96 bits per heavy atom. The van der Waals surface area contributed by atoms with Crippen LogP contribution in [-0.4, -0.2) is 50.3 Å². The fourth-order valence-electron chi connectivity index (χ4n) is 3.19. The van der Waals surface area contributed by atoms with Gasteiger partial charge in [-0.1, -0.05) is 12.1 Å². The minimum atomic E-state index is -3.26. The van der Waals surface area contributed by atoms with Crippen molar-refractivity contribution < 1.29 is 17.5 Å². The molecular weight excluding hydrogens is 319 g/mol. The first-order chi connectivity index (χ1) is 11.0. The smallest absolute Gasteiger partial charge is 0.216 e. The zero-order valence-electron chi connectivity index (χ0n) is 13.1. The van der Waals surface area contributed by atoms with Gasteiger partial charge in [0.05, 0.1) is 17.5 Å². The molecule has 128 valence electrons. The minimum Gasteiger partial charge on any atom is -0.380 e. The summed E-state index contributed by atoms with van der Waals surface area (Å²) in [5, 5.41) is 3.17. The molecule has 2 saturated heterocycles. The summed E-state index contributed by atoms with van der Waals surface area (Å²) < 4.78 is 45.5.